The zero-order chi connectivity index (χ0) is 29.2. The van der Waals surface area contributed by atoms with E-state index in [2.05, 4.69) is 46.2 Å². The van der Waals surface area contributed by atoms with E-state index in [9.17, 15) is 19.6 Å². The molecule has 4 aliphatic rings. The first-order valence-corrected chi connectivity index (χ1v) is 14.7. The summed E-state index contributed by atoms with van der Waals surface area (Å²) in [5, 5.41) is 9.93. The van der Waals surface area contributed by atoms with Gasteiger partial charge in [0.1, 0.15) is 6.07 Å². The molecule has 6 heteroatoms. The van der Waals surface area contributed by atoms with Gasteiger partial charge >= 0.3 is 0 Å². The predicted molar refractivity (Wildman–Crippen MR) is 151 cm³/mol. The molecular weight excluding hydrogens is 488 g/mol. The van der Waals surface area contributed by atoms with E-state index in [-0.39, 0.29) is 51.1 Å². The van der Waals surface area contributed by atoms with E-state index in [4.69, 9.17) is 4.84 Å². The number of nitrogens with zero attached hydrogens (tertiary/aromatic N) is 1. The van der Waals surface area contributed by atoms with Crippen molar-refractivity contribution in [3.63, 3.8) is 0 Å². The lowest BCUT2D eigenvalue weighted by Gasteiger charge is -2.65. The van der Waals surface area contributed by atoms with E-state index in [1.54, 1.807) is 6.92 Å². The number of fused-ring (bicyclic) bond motifs is 2. The van der Waals surface area contributed by atoms with Gasteiger partial charge in [-0.05, 0) is 92.4 Å². The summed E-state index contributed by atoms with van der Waals surface area (Å²) in [7, 11) is 1.50. The third-order valence-electron chi connectivity index (χ3n) is 12.1. The Labute approximate surface area is 235 Å². The van der Waals surface area contributed by atoms with Crippen molar-refractivity contribution >= 4 is 17.5 Å². The van der Waals surface area contributed by atoms with E-state index in [0.29, 0.717) is 0 Å². The van der Waals surface area contributed by atoms with Crippen LogP contribution in [0.1, 0.15) is 107 Å². The summed E-state index contributed by atoms with van der Waals surface area (Å²) in [6.45, 7) is 16.9. The largest absolute Gasteiger partial charge is 0.295 e. The zero-order valence-corrected chi connectivity index (χ0v) is 25.5. The third-order valence-corrected chi connectivity index (χ3v) is 12.1. The summed E-state index contributed by atoms with van der Waals surface area (Å²) in [5.74, 6) is 0.0978. The fourth-order valence-corrected chi connectivity index (χ4v) is 9.62. The molecular formula is C33H48N2O4. The van der Waals surface area contributed by atoms with Crippen LogP contribution in [0, 0.1) is 55.7 Å². The van der Waals surface area contributed by atoms with E-state index in [1.807, 2.05) is 26.0 Å². The molecule has 0 saturated heterocycles. The molecule has 4 aliphatic carbocycles. The number of Topliss-reactive ketones (excluding diaryl/α,β-unsaturated/α-hetero) is 1. The number of carbonyl (C=O) groups is 3. The van der Waals surface area contributed by atoms with Crippen LogP contribution >= 0.6 is 0 Å². The summed E-state index contributed by atoms with van der Waals surface area (Å²) in [5.41, 5.74) is 1.88. The monoisotopic (exact) mass is 536 g/mol. The van der Waals surface area contributed by atoms with Gasteiger partial charge in [0, 0.05) is 10.8 Å². The molecule has 3 fully saturated rings. The van der Waals surface area contributed by atoms with Gasteiger partial charge in [0.25, 0.3) is 0 Å². The molecule has 0 heterocycles. The number of rotatable bonds is 4. The highest BCUT2D eigenvalue weighted by atomic mass is 16.6. The summed E-state index contributed by atoms with van der Waals surface area (Å²) >= 11 is 0. The van der Waals surface area contributed by atoms with E-state index >= 15 is 0 Å². The maximum absolute atomic E-state index is 13.5. The van der Waals surface area contributed by atoms with Crippen molar-refractivity contribution in [2.24, 2.45) is 44.3 Å². The van der Waals surface area contributed by atoms with E-state index in [1.165, 1.54) is 7.11 Å². The molecule has 1 amide bonds. The van der Waals surface area contributed by atoms with Gasteiger partial charge in [0.05, 0.1) is 18.1 Å². The van der Waals surface area contributed by atoms with Crippen LogP contribution in [0.15, 0.2) is 23.3 Å². The van der Waals surface area contributed by atoms with Gasteiger partial charge in [0.15, 0.2) is 11.6 Å². The molecule has 1 N–H and O–H groups in total. The summed E-state index contributed by atoms with van der Waals surface area (Å²) in [6, 6.07) is 2.18. The van der Waals surface area contributed by atoms with Crippen LogP contribution in [-0.2, 0) is 19.2 Å². The Morgan fingerprint density at radius 2 is 1.67 bits per heavy atom. The molecule has 0 radical (unpaired) electrons. The number of ketones is 2. The van der Waals surface area contributed by atoms with Crippen LogP contribution in [0.3, 0.4) is 0 Å². The minimum Gasteiger partial charge on any atom is -0.295 e. The Kier molecular flexibility index (Phi) is 7.16. The van der Waals surface area contributed by atoms with Gasteiger partial charge < -0.3 is 0 Å². The molecule has 6 atom stereocenters. The fourth-order valence-electron chi connectivity index (χ4n) is 9.62. The lowest BCUT2D eigenvalue weighted by molar-refractivity contribution is -0.163. The second kappa shape index (κ2) is 9.40. The minimum absolute atomic E-state index is 0.000603. The average Bonchev–Trinajstić information content (AvgIpc) is 2.83. The molecule has 0 aromatic carbocycles. The van der Waals surface area contributed by atoms with Crippen LogP contribution in [0.25, 0.3) is 0 Å². The van der Waals surface area contributed by atoms with Crippen LogP contribution in [0.4, 0.5) is 0 Å². The molecule has 39 heavy (non-hydrogen) atoms. The van der Waals surface area contributed by atoms with Crippen molar-refractivity contribution in [1.29, 1.82) is 5.26 Å². The molecule has 0 bridgehead atoms. The Balaban J connectivity index is 1.84. The number of allylic oxidation sites excluding steroid dienone is 4. The van der Waals surface area contributed by atoms with Crippen molar-refractivity contribution < 1.29 is 19.2 Å². The van der Waals surface area contributed by atoms with Gasteiger partial charge in [0.2, 0.25) is 5.91 Å². The molecule has 1 unspecified atom stereocenters. The SMILES string of the molecule is CONC(=O)[C@]12CCC(C)(C)CC1C[C@](C)([C@]1(C)CC[C@H]3C(C)(C)C(=O)C(C#N)=C[C@]3(C)/C1=C/C(C)=O)CC2. The second-order valence-electron chi connectivity index (χ2n) is 15.2. The van der Waals surface area contributed by atoms with Gasteiger partial charge in [-0.3, -0.25) is 19.2 Å². The number of hydroxylamine groups is 1. The molecule has 0 spiro atoms. The van der Waals surface area contributed by atoms with Crippen LogP contribution in [0.2, 0.25) is 0 Å². The minimum atomic E-state index is -0.694. The number of nitrogens with one attached hydrogen (secondary N) is 1. The first kappa shape index (κ1) is 29.7. The smallest absolute Gasteiger partial charge is 0.250 e. The molecule has 3 saturated carbocycles. The number of hydrogen-bond acceptors (Lipinski definition) is 5. The molecule has 0 aliphatic heterocycles. The molecule has 6 nitrogen and oxygen atoms in total. The number of carbonyl (C=O) groups excluding carboxylic acids is 3. The highest BCUT2D eigenvalue weighted by Crippen LogP contribution is 2.71. The zero-order valence-electron chi connectivity index (χ0n) is 25.5. The summed E-state index contributed by atoms with van der Waals surface area (Å²) < 4.78 is 0. The van der Waals surface area contributed by atoms with Gasteiger partial charge in [-0.2, -0.15) is 5.26 Å². The van der Waals surface area contributed by atoms with Crippen molar-refractivity contribution in [2.45, 2.75) is 107 Å². The van der Waals surface area contributed by atoms with Gasteiger partial charge in [-0.15, -0.1) is 0 Å². The molecule has 4 rings (SSSR count). The third kappa shape index (κ3) is 4.35. The van der Waals surface area contributed by atoms with E-state index in [0.717, 1.165) is 56.9 Å². The quantitative estimate of drug-likeness (QED) is 0.320. The molecule has 214 valence electrons. The lowest BCUT2D eigenvalue weighted by atomic mass is 9.38. The Hall–Kier alpha value is -2.26. The van der Waals surface area contributed by atoms with E-state index < -0.39 is 16.2 Å². The van der Waals surface area contributed by atoms with Crippen molar-refractivity contribution in [3.8, 4) is 6.07 Å². The van der Waals surface area contributed by atoms with Crippen LogP contribution in [0.5, 0.6) is 0 Å². The van der Waals surface area contributed by atoms with Crippen LogP contribution < -0.4 is 5.48 Å². The second-order valence-corrected chi connectivity index (χ2v) is 15.2. The lowest BCUT2D eigenvalue weighted by Crippen LogP contribution is -2.60. The van der Waals surface area contributed by atoms with Gasteiger partial charge in [-0.25, -0.2) is 5.48 Å². The van der Waals surface area contributed by atoms with Crippen molar-refractivity contribution in [1.82, 2.24) is 5.48 Å². The number of amides is 1. The van der Waals surface area contributed by atoms with Gasteiger partial charge in [-0.1, -0.05) is 60.1 Å². The Morgan fingerprint density at radius 3 is 2.26 bits per heavy atom. The van der Waals surface area contributed by atoms with Crippen molar-refractivity contribution in [2.75, 3.05) is 7.11 Å². The maximum atomic E-state index is 13.5. The summed E-state index contributed by atoms with van der Waals surface area (Å²) in [4.78, 5) is 44.7. The number of nitriles is 1. The normalized spacial score (nSPS) is 42.0. The molecule has 0 aromatic rings. The Morgan fingerprint density at radius 1 is 1.03 bits per heavy atom. The Bertz CT molecular complexity index is 1190. The van der Waals surface area contributed by atoms with Crippen molar-refractivity contribution in [3.05, 3.63) is 23.3 Å². The van der Waals surface area contributed by atoms with Crippen LogP contribution in [-0.4, -0.2) is 24.6 Å². The maximum Gasteiger partial charge on any atom is 0.250 e. The fraction of sp³-hybridized carbons (Fsp3) is 0.758. The summed E-state index contributed by atoms with van der Waals surface area (Å²) in [6.07, 6.45) is 10.8. The first-order valence-electron chi connectivity index (χ1n) is 14.7. The standard InChI is InChI=1S/C33H48N2O4/c1-21(36)16-25-31(7)17-22(20-34)26(37)29(4,5)24(31)10-11-32(25,8)30(6)13-15-33(27(38)35-39-9)14-12-28(2,3)18-23(33)19-30/h16-17,23-24H,10-15,18-19H2,1-9H3,(H,35,38)/b25-16-/t23?,24-,30+,31-,32+,33-/m0/s1. The highest BCUT2D eigenvalue weighted by molar-refractivity contribution is 6.04. The predicted octanol–water partition coefficient (Wildman–Crippen LogP) is 6.66. The average molecular weight is 537 g/mol. The number of hydrogen-bond donors (Lipinski definition) is 1. The highest BCUT2D eigenvalue weighted by Gasteiger charge is 2.65. The first-order chi connectivity index (χ1) is 17.9. The molecule has 0 aromatic heterocycles. The topological polar surface area (TPSA) is 96.3 Å².